The lowest BCUT2D eigenvalue weighted by molar-refractivity contribution is 0.415. The summed E-state index contributed by atoms with van der Waals surface area (Å²) in [5, 5.41) is 5.87. The third kappa shape index (κ3) is 3.15. The molecule has 1 N–H and O–H groups in total. The van der Waals surface area contributed by atoms with Gasteiger partial charge in [0.25, 0.3) is 0 Å². The van der Waals surface area contributed by atoms with Crippen molar-refractivity contribution in [3.8, 4) is 5.75 Å². The lowest BCUT2D eigenvalue weighted by Gasteiger charge is -2.16. The summed E-state index contributed by atoms with van der Waals surface area (Å²) in [6, 6.07) is 13.1. The second-order valence-corrected chi connectivity index (χ2v) is 4.72. The van der Waals surface area contributed by atoms with Crippen LogP contribution >= 0.6 is 0 Å². The molecule has 0 aliphatic rings. The van der Waals surface area contributed by atoms with Gasteiger partial charge in [-0.25, -0.2) is 0 Å². The van der Waals surface area contributed by atoms with Crippen molar-refractivity contribution >= 4 is 10.8 Å². The zero-order chi connectivity index (χ0) is 13.7. The van der Waals surface area contributed by atoms with Gasteiger partial charge in [0.15, 0.2) is 0 Å². The molecule has 0 saturated carbocycles. The molecule has 1 atom stereocenters. The van der Waals surface area contributed by atoms with Crippen LogP contribution in [0.4, 0.5) is 0 Å². The number of fused-ring (bicyclic) bond motifs is 1. The molecule has 1 unspecified atom stereocenters. The van der Waals surface area contributed by atoms with E-state index >= 15 is 0 Å². The molecule has 2 nitrogen and oxygen atoms in total. The molecular weight excluding hydrogens is 234 g/mol. The monoisotopic (exact) mass is 255 g/mol. The summed E-state index contributed by atoms with van der Waals surface area (Å²) < 4.78 is 5.32. The van der Waals surface area contributed by atoms with Crippen LogP contribution in [0.1, 0.15) is 12.0 Å². The Morgan fingerprint density at radius 3 is 2.84 bits per heavy atom. The molecule has 100 valence electrons. The predicted molar refractivity (Wildman–Crippen MR) is 81.9 cm³/mol. The van der Waals surface area contributed by atoms with E-state index in [2.05, 4.69) is 42.2 Å². The minimum absolute atomic E-state index is 0.425. The van der Waals surface area contributed by atoms with Crippen LogP contribution in [0.5, 0.6) is 5.75 Å². The van der Waals surface area contributed by atoms with Gasteiger partial charge < -0.3 is 10.1 Å². The van der Waals surface area contributed by atoms with Gasteiger partial charge in [-0.1, -0.05) is 30.3 Å². The van der Waals surface area contributed by atoms with E-state index in [4.69, 9.17) is 4.74 Å². The molecule has 0 fully saturated rings. The number of hydrogen-bond acceptors (Lipinski definition) is 2. The fraction of sp³-hybridized carbons (Fsp3) is 0.294. The zero-order valence-electron chi connectivity index (χ0n) is 11.6. The van der Waals surface area contributed by atoms with Gasteiger partial charge in [-0.2, -0.15) is 0 Å². The largest absolute Gasteiger partial charge is 0.497 e. The van der Waals surface area contributed by atoms with Gasteiger partial charge in [0, 0.05) is 6.04 Å². The lowest BCUT2D eigenvalue weighted by Crippen LogP contribution is -2.26. The molecule has 2 heteroatoms. The van der Waals surface area contributed by atoms with Crippen molar-refractivity contribution in [2.45, 2.75) is 18.9 Å². The quantitative estimate of drug-likeness (QED) is 0.797. The second kappa shape index (κ2) is 6.39. The molecule has 2 rings (SSSR count). The van der Waals surface area contributed by atoms with E-state index in [-0.39, 0.29) is 0 Å². The normalized spacial score (nSPS) is 12.3. The highest BCUT2D eigenvalue weighted by atomic mass is 16.5. The lowest BCUT2D eigenvalue weighted by atomic mass is 9.97. The van der Waals surface area contributed by atoms with Gasteiger partial charge in [-0.3, -0.25) is 0 Å². The first-order valence-corrected chi connectivity index (χ1v) is 6.62. The Morgan fingerprint density at radius 2 is 2.16 bits per heavy atom. The van der Waals surface area contributed by atoms with E-state index in [0.29, 0.717) is 6.04 Å². The molecule has 0 heterocycles. The second-order valence-electron chi connectivity index (χ2n) is 4.72. The van der Waals surface area contributed by atoms with Crippen LogP contribution in [0, 0.1) is 0 Å². The number of methoxy groups -OCH3 is 1. The van der Waals surface area contributed by atoms with Crippen molar-refractivity contribution in [2.75, 3.05) is 14.2 Å². The molecule has 2 aromatic rings. The summed E-state index contributed by atoms with van der Waals surface area (Å²) in [4.78, 5) is 0. The molecule has 0 amide bonds. The topological polar surface area (TPSA) is 21.3 Å². The van der Waals surface area contributed by atoms with E-state index in [1.165, 1.54) is 16.3 Å². The van der Waals surface area contributed by atoms with Gasteiger partial charge in [0.05, 0.1) is 7.11 Å². The minimum atomic E-state index is 0.425. The van der Waals surface area contributed by atoms with Crippen molar-refractivity contribution in [1.82, 2.24) is 5.32 Å². The third-order valence-electron chi connectivity index (χ3n) is 3.51. The summed E-state index contributed by atoms with van der Waals surface area (Å²) in [6.07, 6.45) is 3.93. The maximum atomic E-state index is 5.32. The van der Waals surface area contributed by atoms with E-state index in [9.17, 15) is 0 Å². The Bertz CT molecular complexity index is 562. The van der Waals surface area contributed by atoms with Crippen LogP contribution in [-0.2, 0) is 6.42 Å². The van der Waals surface area contributed by atoms with Gasteiger partial charge in [-0.05, 0) is 48.4 Å². The van der Waals surface area contributed by atoms with Crippen LogP contribution in [0.3, 0.4) is 0 Å². The molecule has 19 heavy (non-hydrogen) atoms. The molecular formula is C17H21NO. The third-order valence-corrected chi connectivity index (χ3v) is 3.51. The number of nitrogens with one attached hydrogen (secondary N) is 1. The molecule has 0 aliphatic carbocycles. The Labute approximate surface area is 115 Å². The average Bonchev–Trinajstić information content (AvgIpc) is 2.46. The first kappa shape index (κ1) is 13.6. The number of likely N-dealkylation sites (N-methyl/N-ethyl adjacent to an activating group) is 1. The Hall–Kier alpha value is -1.80. The average molecular weight is 255 g/mol. The van der Waals surface area contributed by atoms with Crippen LogP contribution in [0.15, 0.2) is 49.1 Å². The maximum absolute atomic E-state index is 5.32. The predicted octanol–water partition coefficient (Wildman–Crippen LogP) is 3.56. The minimum Gasteiger partial charge on any atom is -0.497 e. The van der Waals surface area contributed by atoms with Crippen molar-refractivity contribution in [3.05, 3.63) is 54.6 Å². The summed E-state index contributed by atoms with van der Waals surface area (Å²) >= 11 is 0. The van der Waals surface area contributed by atoms with Crippen molar-refractivity contribution in [3.63, 3.8) is 0 Å². The number of benzene rings is 2. The van der Waals surface area contributed by atoms with E-state index in [1.54, 1.807) is 7.11 Å². The van der Waals surface area contributed by atoms with Crippen molar-refractivity contribution < 1.29 is 4.74 Å². The first-order valence-electron chi connectivity index (χ1n) is 6.62. The first-order chi connectivity index (χ1) is 9.28. The zero-order valence-corrected chi connectivity index (χ0v) is 11.6. The fourth-order valence-electron chi connectivity index (χ4n) is 2.39. The maximum Gasteiger partial charge on any atom is 0.119 e. The summed E-state index contributed by atoms with van der Waals surface area (Å²) in [7, 11) is 3.71. The van der Waals surface area contributed by atoms with Crippen LogP contribution in [0.2, 0.25) is 0 Å². The van der Waals surface area contributed by atoms with Gasteiger partial charge in [0.1, 0.15) is 5.75 Å². The summed E-state index contributed by atoms with van der Waals surface area (Å²) in [5.74, 6) is 0.907. The molecule has 0 spiro atoms. The standard InChI is InChI=1S/C17H21NO/c1-4-6-15(18-2)11-14-8-5-7-13-9-10-16(19-3)12-17(13)14/h4-5,7-10,12,15,18H,1,6,11H2,2-3H3. The fourth-order valence-corrected chi connectivity index (χ4v) is 2.39. The van der Waals surface area contributed by atoms with Crippen molar-refractivity contribution in [1.29, 1.82) is 0 Å². The van der Waals surface area contributed by atoms with Gasteiger partial charge >= 0.3 is 0 Å². The Balaban J connectivity index is 2.38. The highest BCUT2D eigenvalue weighted by Gasteiger charge is 2.08. The smallest absolute Gasteiger partial charge is 0.119 e. The molecule has 2 aromatic carbocycles. The summed E-state index contributed by atoms with van der Waals surface area (Å²) in [6.45, 7) is 3.82. The van der Waals surface area contributed by atoms with Crippen LogP contribution < -0.4 is 10.1 Å². The molecule has 0 aromatic heterocycles. The highest BCUT2D eigenvalue weighted by Crippen LogP contribution is 2.25. The SMILES string of the molecule is C=CCC(Cc1cccc2ccc(OC)cc12)NC. The van der Waals surface area contributed by atoms with Gasteiger partial charge in [0.2, 0.25) is 0 Å². The number of hydrogen-bond donors (Lipinski definition) is 1. The van der Waals surface area contributed by atoms with E-state index < -0.39 is 0 Å². The molecule has 0 radical (unpaired) electrons. The van der Waals surface area contributed by atoms with Crippen molar-refractivity contribution in [2.24, 2.45) is 0 Å². The highest BCUT2D eigenvalue weighted by molar-refractivity contribution is 5.87. The summed E-state index contributed by atoms with van der Waals surface area (Å²) in [5.41, 5.74) is 1.35. The number of rotatable bonds is 6. The molecule has 0 bridgehead atoms. The molecule has 0 saturated heterocycles. The van der Waals surface area contributed by atoms with Crippen LogP contribution in [-0.4, -0.2) is 20.2 Å². The number of ether oxygens (including phenoxy) is 1. The Morgan fingerprint density at radius 1 is 1.32 bits per heavy atom. The van der Waals surface area contributed by atoms with E-state index in [1.807, 2.05) is 19.2 Å². The molecule has 0 aliphatic heterocycles. The van der Waals surface area contributed by atoms with Crippen LogP contribution in [0.25, 0.3) is 10.8 Å². The van der Waals surface area contributed by atoms with E-state index in [0.717, 1.165) is 18.6 Å². The van der Waals surface area contributed by atoms with Gasteiger partial charge in [-0.15, -0.1) is 6.58 Å². The Kier molecular flexibility index (Phi) is 4.58.